The summed E-state index contributed by atoms with van der Waals surface area (Å²) in [4.78, 5) is 7.31. The van der Waals surface area contributed by atoms with Gasteiger partial charge in [-0.15, -0.1) is 0 Å². The van der Waals surface area contributed by atoms with Crippen LogP contribution in [0.3, 0.4) is 0 Å². The molecule has 278 valence electrons. The van der Waals surface area contributed by atoms with Crippen LogP contribution in [0.15, 0.2) is 227 Å². The van der Waals surface area contributed by atoms with Crippen molar-refractivity contribution in [2.45, 2.75) is 0 Å². The zero-order valence-electron chi connectivity index (χ0n) is 32.0. The first kappa shape index (κ1) is 34.3. The maximum Gasteiger partial charge on any atom is 0.227 e. The predicted octanol–water partition coefficient (Wildman–Crippen LogP) is 15.5. The summed E-state index contributed by atoms with van der Waals surface area (Å²) in [6, 6.07) is 76.7. The zero-order valence-corrected chi connectivity index (χ0v) is 32.0. The first-order valence-electron chi connectivity index (χ1n) is 19.9. The maximum absolute atomic E-state index is 6.34. The van der Waals surface area contributed by atoms with Crippen molar-refractivity contribution in [2.24, 2.45) is 0 Å². The number of fused-ring (bicyclic) bond motifs is 5. The molecule has 0 aliphatic carbocycles. The second-order valence-corrected chi connectivity index (χ2v) is 14.7. The molecule has 0 spiro atoms. The lowest BCUT2D eigenvalue weighted by molar-refractivity contribution is 0.619. The number of hydrogen-bond acceptors (Lipinski definition) is 4. The Labute approximate surface area is 341 Å². The molecule has 0 aliphatic heterocycles. The van der Waals surface area contributed by atoms with Crippen LogP contribution in [0.1, 0.15) is 0 Å². The van der Waals surface area contributed by atoms with Crippen LogP contribution >= 0.6 is 0 Å². The summed E-state index contributed by atoms with van der Waals surface area (Å²) < 4.78 is 12.6. The number of furan rings is 1. The summed E-state index contributed by atoms with van der Waals surface area (Å²) in [5.41, 5.74) is 16.6. The number of hydrogen-bond donors (Lipinski definition) is 0. The second-order valence-electron chi connectivity index (χ2n) is 14.7. The van der Waals surface area contributed by atoms with Gasteiger partial charge in [0.25, 0.3) is 0 Å². The number of nitrogens with zero attached hydrogens (tertiary/aromatic N) is 2. The Bertz CT molecular complexity index is 3230. The van der Waals surface area contributed by atoms with Crippen molar-refractivity contribution >= 4 is 50.1 Å². The molecule has 0 saturated heterocycles. The first-order valence-corrected chi connectivity index (χ1v) is 19.9. The van der Waals surface area contributed by atoms with Crippen LogP contribution in [0.25, 0.3) is 89.0 Å². The van der Waals surface area contributed by atoms with E-state index in [0.717, 1.165) is 66.8 Å². The van der Waals surface area contributed by atoms with Gasteiger partial charge >= 0.3 is 0 Å². The molecule has 0 radical (unpaired) electrons. The SMILES string of the molecule is c1ccc(-c2ccc(N(c3ccc(-c4ccc5oc6ccc7oc(-c8ccccc8)nc7c6c5c4)cc3)c3ccc(-c4ccccc4)c(-c4ccccc4)c3)cc2)cc1. The summed E-state index contributed by atoms with van der Waals surface area (Å²) in [6.45, 7) is 0. The molecule has 9 aromatic carbocycles. The Hall–Kier alpha value is -7.95. The summed E-state index contributed by atoms with van der Waals surface area (Å²) in [5, 5.41) is 1.97. The fourth-order valence-electron chi connectivity index (χ4n) is 8.22. The van der Waals surface area contributed by atoms with Gasteiger partial charge in [0.2, 0.25) is 5.89 Å². The third-order valence-electron chi connectivity index (χ3n) is 11.1. The fourth-order valence-corrected chi connectivity index (χ4v) is 8.22. The van der Waals surface area contributed by atoms with Crippen molar-refractivity contribution in [1.29, 1.82) is 0 Å². The molecule has 59 heavy (non-hydrogen) atoms. The van der Waals surface area contributed by atoms with Gasteiger partial charge in [-0.05, 0) is 117 Å². The van der Waals surface area contributed by atoms with Crippen molar-refractivity contribution in [3.8, 4) is 56.0 Å². The Morgan fingerprint density at radius 1 is 0.322 bits per heavy atom. The second kappa shape index (κ2) is 14.5. The molecule has 11 rings (SSSR count). The highest BCUT2D eigenvalue weighted by atomic mass is 16.4. The van der Waals surface area contributed by atoms with Crippen molar-refractivity contribution < 1.29 is 8.83 Å². The zero-order chi connectivity index (χ0) is 39.1. The smallest absolute Gasteiger partial charge is 0.227 e. The van der Waals surface area contributed by atoms with Crippen LogP contribution < -0.4 is 4.90 Å². The van der Waals surface area contributed by atoms with Crippen LogP contribution in [0.2, 0.25) is 0 Å². The molecule has 4 nitrogen and oxygen atoms in total. The molecule has 2 heterocycles. The van der Waals surface area contributed by atoms with E-state index in [4.69, 9.17) is 13.8 Å². The fraction of sp³-hybridized carbons (Fsp3) is 0. The van der Waals surface area contributed by atoms with Crippen LogP contribution in [0.5, 0.6) is 0 Å². The van der Waals surface area contributed by atoms with Crippen molar-refractivity contribution in [1.82, 2.24) is 4.98 Å². The van der Waals surface area contributed by atoms with Gasteiger partial charge in [-0.2, -0.15) is 0 Å². The quantitative estimate of drug-likeness (QED) is 0.155. The van der Waals surface area contributed by atoms with E-state index in [-0.39, 0.29) is 0 Å². The van der Waals surface area contributed by atoms with E-state index in [0.29, 0.717) is 5.89 Å². The lowest BCUT2D eigenvalue weighted by Gasteiger charge is -2.27. The van der Waals surface area contributed by atoms with Crippen LogP contribution in [0, 0.1) is 0 Å². The number of anilines is 3. The molecule has 0 bridgehead atoms. The van der Waals surface area contributed by atoms with Gasteiger partial charge in [-0.25, -0.2) is 4.98 Å². The third kappa shape index (κ3) is 6.34. The van der Waals surface area contributed by atoms with E-state index in [1.165, 1.54) is 33.4 Å². The lowest BCUT2D eigenvalue weighted by Crippen LogP contribution is -2.10. The van der Waals surface area contributed by atoms with Crippen molar-refractivity contribution in [3.63, 3.8) is 0 Å². The van der Waals surface area contributed by atoms with Gasteiger partial charge in [0, 0.05) is 28.0 Å². The summed E-state index contributed by atoms with van der Waals surface area (Å²) in [6.07, 6.45) is 0. The van der Waals surface area contributed by atoms with Gasteiger partial charge in [0.1, 0.15) is 16.7 Å². The average molecular weight is 757 g/mol. The van der Waals surface area contributed by atoms with E-state index in [9.17, 15) is 0 Å². The van der Waals surface area contributed by atoms with Crippen LogP contribution in [-0.2, 0) is 0 Å². The highest BCUT2D eigenvalue weighted by molar-refractivity contribution is 6.17. The van der Waals surface area contributed by atoms with Crippen LogP contribution in [-0.4, -0.2) is 4.98 Å². The van der Waals surface area contributed by atoms with Gasteiger partial charge in [-0.1, -0.05) is 146 Å². The average Bonchev–Trinajstić information content (AvgIpc) is 3.92. The predicted molar refractivity (Wildman–Crippen MR) is 243 cm³/mol. The molecular formula is C55H36N2O2. The minimum atomic E-state index is 0.596. The molecule has 4 heteroatoms. The minimum absolute atomic E-state index is 0.596. The van der Waals surface area contributed by atoms with Crippen molar-refractivity contribution in [3.05, 3.63) is 218 Å². The molecular weight excluding hydrogens is 721 g/mol. The topological polar surface area (TPSA) is 42.4 Å². The van der Waals surface area contributed by atoms with Gasteiger partial charge in [0.05, 0.1) is 5.39 Å². The molecule has 0 unspecified atom stereocenters. The third-order valence-corrected chi connectivity index (χ3v) is 11.1. The Balaban J connectivity index is 1.01. The normalized spacial score (nSPS) is 11.4. The maximum atomic E-state index is 6.34. The number of aromatic nitrogens is 1. The number of benzene rings is 9. The molecule has 0 saturated carbocycles. The highest BCUT2D eigenvalue weighted by Crippen LogP contribution is 2.43. The molecule has 0 fully saturated rings. The van der Waals surface area contributed by atoms with Gasteiger partial charge in [-0.3, -0.25) is 0 Å². The van der Waals surface area contributed by atoms with Gasteiger partial charge in [0.15, 0.2) is 5.58 Å². The van der Waals surface area contributed by atoms with E-state index < -0.39 is 0 Å². The standard InChI is InChI=1S/C55H36N2O2/c1-5-13-37(14-6-1)38-21-26-44(27-22-38)57(46-30-31-47(40-15-7-2-8-16-40)48(36-46)41-17-9-3-10-18-41)45-28-23-39(24-29-45)43-25-32-50-49(35-43)53-51(58-50)33-34-52-54(53)56-55(59-52)42-19-11-4-12-20-42/h1-36H. The summed E-state index contributed by atoms with van der Waals surface area (Å²) in [5.74, 6) is 0.596. The van der Waals surface area contributed by atoms with Gasteiger partial charge < -0.3 is 13.7 Å². The van der Waals surface area contributed by atoms with Crippen molar-refractivity contribution in [2.75, 3.05) is 4.90 Å². The molecule has 0 atom stereocenters. The molecule has 0 N–H and O–H groups in total. The number of rotatable bonds is 8. The first-order chi connectivity index (χ1) is 29.2. The van der Waals surface area contributed by atoms with E-state index in [1.807, 2.05) is 42.5 Å². The summed E-state index contributed by atoms with van der Waals surface area (Å²) >= 11 is 0. The molecule has 0 aliphatic rings. The van der Waals surface area contributed by atoms with E-state index in [1.54, 1.807) is 0 Å². The minimum Gasteiger partial charge on any atom is -0.456 e. The lowest BCUT2D eigenvalue weighted by atomic mass is 9.93. The number of oxazole rings is 1. The molecule has 2 aromatic heterocycles. The Kier molecular flexibility index (Phi) is 8.45. The summed E-state index contributed by atoms with van der Waals surface area (Å²) in [7, 11) is 0. The van der Waals surface area contributed by atoms with E-state index in [2.05, 4.69) is 181 Å². The monoisotopic (exact) mass is 756 g/mol. The molecule has 11 aromatic rings. The Morgan fingerprint density at radius 2 is 0.797 bits per heavy atom. The van der Waals surface area contributed by atoms with E-state index >= 15 is 0 Å². The molecule has 0 amide bonds. The Morgan fingerprint density at radius 3 is 1.42 bits per heavy atom. The largest absolute Gasteiger partial charge is 0.456 e. The van der Waals surface area contributed by atoms with Crippen LogP contribution in [0.4, 0.5) is 17.1 Å². The highest BCUT2D eigenvalue weighted by Gasteiger charge is 2.19.